The van der Waals surface area contributed by atoms with Crippen molar-refractivity contribution in [2.24, 2.45) is 0 Å². The Morgan fingerprint density at radius 1 is 1.12 bits per heavy atom. The third-order valence-electron chi connectivity index (χ3n) is 2.30. The van der Waals surface area contributed by atoms with Gasteiger partial charge in [0.15, 0.2) is 5.53 Å². The molecule has 0 heterocycles. The van der Waals surface area contributed by atoms with E-state index in [1.54, 1.807) is 0 Å². The van der Waals surface area contributed by atoms with Gasteiger partial charge in [0.25, 0.3) is 0 Å². The van der Waals surface area contributed by atoms with Crippen molar-refractivity contribution in [1.82, 2.24) is 5.32 Å². The lowest BCUT2D eigenvalue weighted by molar-refractivity contribution is -0.193. The Morgan fingerprint density at radius 2 is 1.69 bits per heavy atom. The van der Waals surface area contributed by atoms with Gasteiger partial charge in [-0.25, -0.2) is 0 Å². The van der Waals surface area contributed by atoms with Crippen LogP contribution in [0.4, 0.5) is 0 Å². The van der Waals surface area contributed by atoms with Gasteiger partial charge in [0.2, 0.25) is 0 Å². The summed E-state index contributed by atoms with van der Waals surface area (Å²) in [6.07, 6.45) is 0. The molecule has 1 aromatic rings. The quantitative estimate of drug-likeness (QED) is 0.565. The highest BCUT2D eigenvalue weighted by atomic mass is 28.1. The van der Waals surface area contributed by atoms with E-state index >= 15 is 0 Å². The Morgan fingerprint density at radius 3 is 2.19 bits per heavy atom. The smallest absolute Gasteiger partial charge is 0.194 e. The van der Waals surface area contributed by atoms with Gasteiger partial charge in [-0.2, -0.15) is 0 Å². The molecule has 1 aromatic carbocycles. The molecule has 0 amide bonds. The number of nitrogens with one attached hydrogen (secondary N) is 1. The fourth-order valence-electron chi connectivity index (χ4n) is 1.55. The number of benzene rings is 1. The molecule has 90 valence electrons. The monoisotopic (exact) mass is 239 g/mol. The maximum Gasteiger partial charge on any atom is 0.194 e. The van der Waals surface area contributed by atoms with Crippen LogP contribution in [0.15, 0.2) is 30.3 Å². The van der Waals surface area contributed by atoms with Crippen molar-refractivity contribution >= 4 is 10.2 Å². The summed E-state index contributed by atoms with van der Waals surface area (Å²) in [4.78, 5) is 0. The summed E-state index contributed by atoms with van der Waals surface area (Å²) in [5.41, 5.74) is 0.682. The van der Waals surface area contributed by atoms with E-state index in [0.29, 0.717) is 13.2 Å². The van der Waals surface area contributed by atoms with Gasteiger partial charge in [-0.15, -0.1) is 0 Å². The molecule has 1 rings (SSSR count). The van der Waals surface area contributed by atoms with Gasteiger partial charge in [-0.3, -0.25) is 5.32 Å². The van der Waals surface area contributed by atoms with Crippen LogP contribution in [0.2, 0.25) is 0 Å². The van der Waals surface area contributed by atoms with Crippen LogP contribution in [-0.4, -0.2) is 29.0 Å². The molecule has 1 N–H and O–H groups in total. The minimum atomic E-state index is -0.556. The Balaban J connectivity index is 2.49. The third-order valence-corrected chi connectivity index (χ3v) is 3.23. The molecule has 0 radical (unpaired) electrons. The van der Waals surface area contributed by atoms with Crippen LogP contribution in [0.3, 0.4) is 0 Å². The lowest BCUT2D eigenvalue weighted by Crippen LogP contribution is -2.50. The van der Waals surface area contributed by atoms with E-state index in [4.69, 9.17) is 9.47 Å². The predicted molar refractivity (Wildman–Crippen MR) is 69.2 cm³/mol. The predicted octanol–water partition coefficient (Wildman–Crippen LogP) is 0.826. The first-order valence-corrected chi connectivity index (χ1v) is 6.77. The molecule has 0 aliphatic carbocycles. The zero-order valence-electron chi connectivity index (χ0n) is 10.3. The Hall–Kier alpha value is -0.683. The second-order valence-electron chi connectivity index (χ2n) is 3.65. The van der Waals surface area contributed by atoms with E-state index in [9.17, 15) is 0 Å². The molecule has 0 atom stereocenters. The van der Waals surface area contributed by atoms with Gasteiger partial charge in [0.1, 0.15) is 0 Å². The van der Waals surface area contributed by atoms with Crippen LogP contribution < -0.4 is 5.32 Å². The molecule has 4 heteroatoms. The van der Waals surface area contributed by atoms with Crippen molar-refractivity contribution in [2.45, 2.75) is 25.9 Å². The highest BCUT2D eigenvalue weighted by Gasteiger charge is 2.22. The summed E-state index contributed by atoms with van der Waals surface area (Å²) in [6.45, 7) is 6.05. The van der Waals surface area contributed by atoms with Crippen molar-refractivity contribution in [3.63, 3.8) is 0 Å². The van der Waals surface area contributed by atoms with Crippen molar-refractivity contribution < 1.29 is 9.47 Å². The van der Waals surface area contributed by atoms with Gasteiger partial charge < -0.3 is 9.47 Å². The van der Waals surface area contributed by atoms with E-state index in [1.165, 1.54) is 5.56 Å². The first kappa shape index (κ1) is 13.4. The molecule has 0 bridgehead atoms. The second kappa shape index (κ2) is 6.80. The second-order valence-corrected chi connectivity index (χ2v) is 4.97. The van der Waals surface area contributed by atoms with Crippen LogP contribution in [-0.2, 0) is 16.0 Å². The summed E-state index contributed by atoms with van der Waals surface area (Å²) in [6, 6.07) is 10.3. The molecule has 0 unspecified atom stereocenters. The van der Waals surface area contributed by atoms with E-state index in [1.807, 2.05) is 32.0 Å². The standard InChI is InChI=1S/C12H21NO2Si/c1-3-14-12(16,15-4-2)13-10-11-8-6-5-7-9-11/h5-9,13H,3-4,10H2,1-2,16H3. The highest BCUT2D eigenvalue weighted by Crippen LogP contribution is 2.07. The largest absolute Gasteiger partial charge is 0.342 e. The first-order chi connectivity index (χ1) is 7.70. The van der Waals surface area contributed by atoms with Crippen molar-refractivity contribution in [2.75, 3.05) is 13.2 Å². The van der Waals surface area contributed by atoms with Crippen LogP contribution in [0.1, 0.15) is 19.4 Å². The van der Waals surface area contributed by atoms with E-state index in [2.05, 4.69) is 17.4 Å². The van der Waals surface area contributed by atoms with Gasteiger partial charge in [-0.05, 0) is 19.4 Å². The number of ether oxygens (including phenoxy) is 2. The third kappa shape index (κ3) is 4.45. The van der Waals surface area contributed by atoms with Crippen LogP contribution in [0, 0.1) is 0 Å². The highest BCUT2D eigenvalue weighted by molar-refractivity contribution is 6.13. The molecular weight excluding hydrogens is 218 g/mol. The van der Waals surface area contributed by atoms with Crippen molar-refractivity contribution in [3.8, 4) is 0 Å². The van der Waals surface area contributed by atoms with Gasteiger partial charge in [0, 0.05) is 19.8 Å². The summed E-state index contributed by atoms with van der Waals surface area (Å²) < 4.78 is 11.2. The number of hydrogen-bond acceptors (Lipinski definition) is 3. The summed E-state index contributed by atoms with van der Waals surface area (Å²) >= 11 is 0. The molecule has 0 fully saturated rings. The number of rotatable bonds is 7. The van der Waals surface area contributed by atoms with Crippen molar-refractivity contribution in [1.29, 1.82) is 0 Å². The molecule has 0 aliphatic rings. The van der Waals surface area contributed by atoms with Crippen LogP contribution >= 0.6 is 0 Å². The van der Waals surface area contributed by atoms with E-state index < -0.39 is 5.53 Å². The topological polar surface area (TPSA) is 30.5 Å². The molecule has 3 nitrogen and oxygen atoms in total. The Kier molecular flexibility index (Phi) is 5.69. The minimum absolute atomic E-state index is 0.556. The summed E-state index contributed by atoms with van der Waals surface area (Å²) in [7, 11) is 0.793. The molecule has 0 aliphatic heterocycles. The molecule has 0 saturated carbocycles. The molecule has 16 heavy (non-hydrogen) atoms. The van der Waals surface area contributed by atoms with Crippen LogP contribution in [0.25, 0.3) is 0 Å². The molecular formula is C12H21NO2Si. The average molecular weight is 239 g/mol. The maximum atomic E-state index is 5.62. The SMILES string of the molecule is CCOC([SiH3])(NCc1ccccc1)OCC. The summed E-state index contributed by atoms with van der Waals surface area (Å²) in [5, 5.41) is 3.33. The summed E-state index contributed by atoms with van der Waals surface area (Å²) in [5.74, 6) is 0. The fraction of sp³-hybridized carbons (Fsp3) is 0.500. The Bertz CT molecular complexity index is 286. The zero-order chi connectivity index (χ0) is 11.9. The van der Waals surface area contributed by atoms with Gasteiger partial charge in [-0.1, -0.05) is 30.3 Å². The van der Waals surface area contributed by atoms with Crippen LogP contribution in [0.5, 0.6) is 0 Å². The average Bonchev–Trinajstić information content (AvgIpc) is 2.29. The first-order valence-electron chi connectivity index (χ1n) is 5.77. The molecule has 0 saturated heterocycles. The van der Waals surface area contributed by atoms with Gasteiger partial charge >= 0.3 is 0 Å². The normalized spacial score (nSPS) is 11.9. The molecule has 0 spiro atoms. The van der Waals surface area contributed by atoms with E-state index in [0.717, 1.165) is 16.8 Å². The maximum absolute atomic E-state index is 5.62. The van der Waals surface area contributed by atoms with E-state index in [-0.39, 0.29) is 0 Å². The lowest BCUT2D eigenvalue weighted by atomic mass is 10.2. The number of hydrogen-bond donors (Lipinski definition) is 1. The van der Waals surface area contributed by atoms with Gasteiger partial charge in [0.05, 0.1) is 10.2 Å². The fourth-order valence-corrected chi connectivity index (χ4v) is 2.31. The minimum Gasteiger partial charge on any atom is -0.342 e. The lowest BCUT2D eigenvalue weighted by Gasteiger charge is -2.30. The zero-order valence-corrected chi connectivity index (χ0v) is 12.3. The Labute approximate surface area is 101 Å². The molecule has 0 aromatic heterocycles. The van der Waals surface area contributed by atoms with Crippen molar-refractivity contribution in [3.05, 3.63) is 35.9 Å².